The number of amides is 2. The van der Waals surface area contributed by atoms with E-state index in [9.17, 15) is 14.0 Å². The van der Waals surface area contributed by atoms with Crippen LogP contribution in [0.15, 0.2) is 71.3 Å². The standard InChI is InChI=1S/C23H21FN2O3/c24-21-6-2-1-5-20(21)23(28)26(15-19-4-3-13-29-19)14-16-7-9-17(10-8-16)22(27)25-18-11-12-18/h1-10,13,18H,11-12,14-15H2,(H,25,27). The lowest BCUT2D eigenvalue weighted by Crippen LogP contribution is -2.30. The molecule has 0 spiro atoms. The number of carbonyl (C=O) groups is 2. The van der Waals surface area contributed by atoms with Crippen LogP contribution >= 0.6 is 0 Å². The summed E-state index contributed by atoms with van der Waals surface area (Å²) in [6, 6.07) is 16.8. The van der Waals surface area contributed by atoms with E-state index in [2.05, 4.69) is 5.32 Å². The lowest BCUT2D eigenvalue weighted by atomic mass is 10.1. The Balaban J connectivity index is 1.52. The molecule has 1 N–H and O–H groups in total. The number of rotatable bonds is 7. The van der Waals surface area contributed by atoms with Gasteiger partial charge in [0.15, 0.2) is 0 Å². The summed E-state index contributed by atoms with van der Waals surface area (Å²) >= 11 is 0. The molecule has 0 bridgehead atoms. The molecule has 0 unspecified atom stereocenters. The number of hydrogen-bond donors (Lipinski definition) is 1. The summed E-state index contributed by atoms with van der Waals surface area (Å²) in [6.45, 7) is 0.475. The summed E-state index contributed by atoms with van der Waals surface area (Å²) in [5, 5.41) is 2.95. The Hall–Kier alpha value is -3.41. The third kappa shape index (κ3) is 4.71. The highest BCUT2D eigenvalue weighted by Crippen LogP contribution is 2.20. The van der Waals surface area contributed by atoms with Crippen LogP contribution < -0.4 is 5.32 Å². The molecular formula is C23H21FN2O3. The van der Waals surface area contributed by atoms with Crippen molar-refractivity contribution in [3.05, 3.63) is 95.2 Å². The minimum absolute atomic E-state index is 0.0134. The van der Waals surface area contributed by atoms with Crippen molar-refractivity contribution in [2.75, 3.05) is 0 Å². The van der Waals surface area contributed by atoms with Crippen molar-refractivity contribution in [3.63, 3.8) is 0 Å². The second kappa shape index (κ2) is 8.31. The van der Waals surface area contributed by atoms with E-state index in [1.807, 2.05) is 12.1 Å². The highest BCUT2D eigenvalue weighted by Gasteiger charge is 2.24. The monoisotopic (exact) mass is 392 g/mol. The normalized spacial score (nSPS) is 13.1. The molecule has 0 saturated heterocycles. The molecule has 1 aliphatic rings. The Bertz CT molecular complexity index is 995. The van der Waals surface area contributed by atoms with Gasteiger partial charge in [-0.1, -0.05) is 24.3 Å². The van der Waals surface area contributed by atoms with Gasteiger partial charge in [-0.05, 0) is 54.8 Å². The van der Waals surface area contributed by atoms with E-state index in [0.29, 0.717) is 17.4 Å². The fraction of sp³-hybridized carbons (Fsp3) is 0.217. The quantitative estimate of drug-likeness (QED) is 0.657. The number of hydrogen-bond acceptors (Lipinski definition) is 3. The molecule has 1 fully saturated rings. The maximum atomic E-state index is 14.2. The van der Waals surface area contributed by atoms with Crippen LogP contribution in [0.4, 0.5) is 4.39 Å². The lowest BCUT2D eigenvalue weighted by Gasteiger charge is -2.22. The average Bonchev–Trinajstić information content (AvgIpc) is 3.39. The summed E-state index contributed by atoms with van der Waals surface area (Å²) in [5.41, 5.74) is 1.43. The van der Waals surface area contributed by atoms with Crippen molar-refractivity contribution in [1.82, 2.24) is 10.2 Å². The second-order valence-corrected chi connectivity index (χ2v) is 7.17. The minimum Gasteiger partial charge on any atom is -0.467 e. The Morgan fingerprint density at radius 3 is 2.41 bits per heavy atom. The van der Waals surface area contributed by atoms with Crippen molar-refractivity contribution < 1.29 is 18.4 Å². The fourth-order valence-corrected chi connectivity index (χ4v) is 3.07. The van der Waals surface area contributed by atoms with E-state index in [1.54, 1.807) is 36.4 Å². The fourth-order valence-electron chi connectivity index (χ4n) is 3.07. The predicted molar refractivity (Wildman–Crippen MR) is 106 cm³/mol. The zero-order valence-electron chi connectivity index (χ0n) is 15.8. The zero-order chi connectivity index (χ0) is 20.2. The molecule has 1 aromatic heterocycles. The van der Waals surface area contributed by atoms with E-state index >= 15 is 0 Å². The third-order valence-corrected chi connectivity index (χ3v) is 4.82. The summed E-state index contributed by atoms with van der Waals surface area (Å²) in [5.74, 6) is -0.465. The highest BCUT2D eigenvalue weighted by atomic mass is 19.1. The number of halogens is 1. The highest BCUT2D eigenvalue weighted by molar-refractivity contribution is 5.95. The summed E-state index contributed by atoms with van der Waals surface area (Å²) in [6.07, 6.45) is 3.60. The van der Waals surface area contributed by atoms with Gasteiger partial charge in [0.25, 0.3) is 11.8 Å². The third-order valence-electron chi connectivity index (χ3n) is 4.82. The van der Waals surface area contributed by atoms with Crippen LogP contribution in [0.25, 0.3) is 0 Å². The molecule has 0 radical (unpaired) electrons. The van der Waals surface area contributed by atoms with E-state index in [1.165, 1.54) is 23.3 Å². The van der Waals surface area contributed by atoms with E-state index in [4.69, 9.17) is 4.42 Å². The maximum Gasteiger partial charge on any atom is 0.257 e. The van der Waals surface area contributed by atoms with Crippen LogP contribution in [0.2, 0.25) is 0 Å². The van der Waals surface area contributed by atoms with Gasteiger partial charge < -0.3 is 14.6 Å². The molecule has 148 valence electrons. The van der Waals surface area contributed by atoms with E-state index < -0.39 is 11.7 Å². The van der Waals surface area contributed by atoms with Gasteiger partial charge >= 0.3 is 0 Å². The van der Waals surface area contributed by atoms with Gasteiger partial charge in [-0.3, -0.25) is 9.59 Å². The Morgan fingerprint density at radius 1 is 1.00 bits per heavy atom. The first-order valence-electron chi connectivity index (χ1n) is 9.56. The molecule has 2 amide bonds. The molecule has 0 atom stereocenters. The lowest BCUT2D eigenvalue weighted by molar-refractivity contribution is 0.0712. The molecule has 0 aliphatic heterocycles. The topological polar surface area (TPSA) is 62.6 Å². The van der Waals surface area contributed by atoms with Gasteiger partial charge in [-0.2, -0.15) is 0 Å². The van der Waals surface area contributed by atoms with Crippen molar-refractivity contribution in [3.8, 4) is 0 Å². The van der Waals surface area contributed by atoms with Gasteiger partial charge in [-0.25, -0.2) is 4.39 Å². The summed E-state index contributed by atoms with van der Waals surface area (Å²) < 4.78 is 19.5. The van der Waals surface area contributed by atoms with Crippen molar-refractivity contribution in [2.24, 2.45) is 0 Å². The smallest absolute Gasteiger partial charge is 0.257 e. The zero-order valence-corrected chi connectivity index (χ0v) is 15.8. The minimum atomic E-state index is -0.561. The van der Waals surface area contributed by atoms with Crippen LogP contribution in [-0.2, 0) is 13.1 Å². The van der Waals surface area contributed by atoms with Crippen LogP contribution in [0, 0.1) is 5.82 Å². The number of nitrogens with one attached hydrogen (secondary N) is 1. The SMILES string of the molecule is O=C(NC1CC1)c1ccc(CN(Cc2ccco2)C(=O)c2ccccc2F)cc1. The maximum absolute atomic E-state index is 14.2. The largest absolute Gasteiger partial charge is 0.467 e. The van der Waals surface area contributed by atoms with Crippen molar-refractivity contribution >= 4 is 11.8 Å². The number of furan rings is 1. The van der Waals surface area contributed by atoms with Crippen LogP contribution in [0.3, 0.4) is 0 Å². The number of carbonyl (C=O) groups excluding carboxylic acids is 2. The first kappa shape index (κ1) is 18.9. The van der Waals surface area contributed by atoms with Gasteiger partial charge in [0.1, 0.15) is 11.6 Å². The van der Waals surface area contributed by atoms with Gasteiger partial charge in [0.2, 0.25) is 0 Å². The average molecular weight is 392 g/mol. The number of nitrogens with zero attached hydrogens (tertiary/aromatic N) is 1. The second-order valence-electron chi connectivity index (χ2n) is 7.17. The Labute approximate surface area is 168 Å². The molecule has 5 nitrogen and oxygen atoms in total. The summed E-state index contributed by atoms with van der Waals surface area (Å²) in [7, 11) is 0. The van der Waals surface area contributed by atoms with E-state index in [0.717, 1.165) is 18.4 Å². The molecule has 1 saturated carbocycles. The molecule has 1 heterocycles. The first-order valence-corrected chi connectivity index (χ1v) is 9.56. The molecular weight excluding hydrogens is 371 g/mol. The number of benzene rings is 2. The van der Waals surface area contributed by atoms with Gasteiger partial charge in [0, 0.05) is 18.2 Å². The molecule has 4 rings (SSSR count). The molecule has 2 aromatic carbocycles. The van der Waals surface area contributed by atoms with E-state index in [-0.39, 0.29) is 24.6 Å². The Kier molecular flexibility index (Phi) is 5.42. The predicted octanol–water partition coefficient (Wildman–Crippen LogP) is 4.15. The van der Waals surface area contributed by atoms with Crippen molar-refractivity contribution in [2.45, 2.75) is 32.0 Å². The van der Waals surface area contributed by atoms with Gasteiger partial charge in [0.05, 0.1) is 18.4 Å². The molecule has 29 heavy (non-hydrogen) atoms. The Morgan fingerprint density at radius 2 is 1.76 bits per heavy atom. The van der Waals surface area contributed by atoms with Gasteiger partial charge in [-0.15, -0.1) is 0 Å². The van der Waals surface area contributed by atoms with Crippen molar-refractivity contribution in [1.29, 1.82) is 0 Å². The first-order chi connectivity index (χ1) is 14.1. The summed E-state index contributed by atoms with van der Waals surface area (Å²) in [4.78, 5) is 26.6. The molecule has 1 aliphatic carbocycles. The van der Waals surface area contributed by atoms with Crippen LogP contribution in [0.1, 0.15) is 44.9 Å². The molecule has 6 heteroatoms. The van der Waals surface area contributed by atoms with Crippen LogP contribution in [0.5, 0.6) is 0 Å². The van der Waals surface area contributed by atoms with Crippen LogP contribution in [-0.4, -0.2) is 22.8 Å². The molecule has 3 aromatic rings.